The minimum absolute atomic E-state index is 0.145. The number of aromatic nitrogens is 1. The van der Waals surface area contributed by atoms with Crippen molar-refractivity contribution in [2.45, 2.75) is 45.6 Å². The van der Waals surface area contributed by atoms with Crippen LogP contribution in [0.2, 0.25) is 0 Å². The molecule has 2 heterocycles. The zero-order valence-electron chi connectivity index (χ0n) is 11.8. The molecule has 1 aromatic heterocycles. The number of hydrogen-bond donors (Lipinski definition) is 1. The van der Waals surface area contributed by atoms with Gasteiger partial charge in [-0.3, -0.25) is 0 Å². The highest BCUT2D eigenvalue weighted by atomic mass is 19.1. The second-order valence-corrected chi connectivity index (χ2v) is 5.19. The molecule has 1 aromatic rings. The SMILES string of the molecule is CCCNCc1ccnc(N2CCCCCC2)c1F. The van der Waals surface area contributed by atoms with Gasteiger partial charge in [-0.15, -0.1) is 0 Å². The lowest BCUT2D eigenvalue weighted by Crippen LogP contribution is -2.27. The van der Waals surface area contributed by atoms with Crippen LogP contribution in [0.5, 0.6) is 0 Å². The molecule has 0 radical (unpaired) electrons. The van der Waals surface area contributed by atoms with Gasteiger partial charge in [-0.2, -0.15) is 0 Å². The van der Waals surface area contributed by atoms with Crippen LogP contribution in [0.3, 0.4) is 0 Å². The number of rotatable bonds is 5. The zero-order valence-corrected chi connectivity index (χ0v) is 11.8. The first-order valence-corrected chi connectivity index (χ1v) is 7.42. The van der Waals surface area contributed by atoms with Crippen molar-refractivity contribution in [2.24, 2.45) is 0 Å². The Labute approximate surface area is 115 Å². The maximum atomic E-state index is 14.5. The van der Waals surface area contributed by atoms with Gasteiger partial charge in [0, 0.05) is 31.4 Å². The van der Waals surface area contributed by atoms with Gasteiger partial charge in [0.05, 0.1) is 0 Å². The average molecular weight is 265 g/mol. The van der Waals surface area contributed by atoms with Crippen LogP contribution < -0.4 is 10.2 Å². The molecule has 2 rings (SSSR count). The zero-order chi connectivity index (χ0) is 13.5. The fourth-order valence-corrected chi connectivity index (χ4v) is 2.51. The molecule has 0 spiro atoms. The number of hydrogen-bond acceptors (Lipinski definition) is 3. The number of anilines is 1. The lowest BCUT2D eigenvalue weighted by molar-refractivity contribution is 0.573. The molecule has 0 unspecified atom stereocenters. The highest BCUT2D eigenvalue weighted by Crippen LogP contribution is 2.22. The summed E-state index contributed by atoms with van der Waals surface area (Å²) in [7, 11) is 0. The van der Waals surface area contributed by atoms with E-state index >= 15 is 0 Å². The quantitative estimate of drug-likeness (QED) is 0.829. The maximum Gasteiger partial charge on any atom is 0.170 e. The predicted molar refractivity (Wildman–Crippen MR) is 76.9 cm³/mol. The lowest BCUT2D eigenvalue weighted by Gasteiger charge is -2.22. The number of nitrogens with zero attached hydrogens (tertiary/aromatic N) is 2. The number of pyridine rings is 1. The van der Waals surface area contributed by atoms with E-state index in [9.17, 15) is 4.39 Å². The summed E-state index contributed by atoms with van der Waals surface area (Å²) < 4.78 is 14.5. The summed E-state index contributed by atoms with van der Waals surface area (Å²) in [6.07, 6.45) is 7.56. The van der Waals surface area contributed by atoms with Crippen LogP contribution in [0.1, 0.15) is 44.6 Å². The molecule has 19 heavy (non-hydrogen) atoms. The fourth-order valence-electron chi connectivity index (χ4n) is 2.51. The van der Waals surface area contributed by atoms with Gasteiger partial charge in [0.1, 0.15) is 0 Å². The fraction of sp³-hybridized carbons (Fsp3) is 0.667. The van der Waals surface area contributed by atoms with Crippen LogP contribution >= 0.6 is 0 Å². The molecule has 0 aliphatic carbocycles. The van der Waals surface area contributed by atoms with Gasteiger partial charge in [-0.25, -0.2) is 9.37 Å². The minimum atomic E-state index is -0.145. The molecule has 1 aliphatic heterocycles. The second kappa shape index (κ2) is 7.43. The largest absolute Gasteiger partial charge is 0.354 e. The molecule has 1 N–H and O–H groups in total. The summed E-state index contributed by atoms with van der Waals surface area (Å²) in [4.78, 5) is 6.36. The van der Waals surface area contributed by atoms with Crippen LogP contribution in [0.15, 0.2) is 12.3 Å². The topological polar surface area (TPSA) is 28.2 Å². The first-order chi connectivity index (χ1) is 9.33. The van der Waals surface area contributed by atoms with Crippen molar-refractivity contribution in [3.63, 3.8) is 0 Å². The van der Waals surface area contributed by atoms with Crippen LogP contribution in [-0.4, -0.2) is 24.6 Å². The number of halogens is 1. The Bertz CT molecular complexity index is 387. The highest BCUT2D eigenvalue weighted by molar-refractivity contribution is 5.43. The van der Waals surface area contributed by atoms with Gasteiger partial charge >= 0.3 is 0 Å². The van der Waals surface area contributed by atoms with E-state index in [0.717, 1.165) is 44.5 Å². The summed E-state index contributed by atoms with van der Waals surface area (Å²) in [6.45, 7) is 5.47. The van der Waals surface area contributed by atoms with Gasteiger partial charge in [-0.1, -0.05) is 19.8 Å². The Morgan fingerprint density at radius 3 is 2.68 bits per heavy atom. The standard InChI is InChI=1S/C15H24FN3/c1-2-8-17-12-13-7-9-18-15(14(13)16)19-10-5-3-4-6-11-19/h7,9,17H,2-6,8,10-12H2,1H3. The monoisotopic (exact) mass is 265 g/mol. The van der Waals surface area contributed by atoms with Crippen LogP contribution in [0, 0.1) is 5.82 Å². The molecule has 1 aliphatic rings. The third kappa shape index (κ3) is 3.90. The Morgan fingerprint density at radius 2 is 2.00 bits per heavy atom. The molecule has 1 saturated heterocycles. The molecular formula is C15H24FN3. The van der Waals surface area contributed by atoms with Crippen molar-refractivity contribution in [3.8, 4) is 0 Å². The summed E-state index contributed by atoms with van der Waals surface area (Å²) in [5.41, 5.74) is 0.725. The van der Waals surface area contributed by atoms with E-state index in [4.69, 9.17) is 0 Å². The van der Waals surface area contributed by atoms with Gasteiger partial charge in [0.2, 0.25) is 0 Å². The van der Waals surface area contributed by atoms with Gasteiger partial charge in [0.15, 0.2) is 11.6 Å². The smallest absolute Gasteiger partial charge is 0.170 e. The molecule has 4 heteroatoms. The summed E-state index contributed by atoms with van der Waals surface area (Å²) in [5, 5.41) is 3.25. The Hall–Kier alpha value is -1.16. The number of nitrogens with one attached hydrogen (secondary N) is 1. The third-order valence-electron chi connectivity index (χ3n) is 3.60. The molecule has 0 saturated carbocycles. The molecule has 1 fully saturated rings. The first kappa shape index (κ1) is 14.3. The predicted octanol–water partition coefficient (Wildman–Crippen LogP) is 3.10. The normalized spacial score (nSPS) is 16.4. The van der Waals surface area contributed by atoms with Crippen molar-refractivity contribution in [1.29, 1.82) is 0 Å². The molecule has 3 nitrogen and oxygen atoms in total. The van der Waals surface area contributed by atoms with Crippen LogP contribution in [0.4, 0.5) is 10.2 Å². The van der Waals surface area contributed by atoms with Gasteiger partial charge in [0.25, 0.3) is 0 Å². The molecule has 0 aromatic carbocycles. The third-order valence-corrected chi connectivity index (χ3v) is 3.60. The first-order valence-electron chi connectivity index (χ1n) is 7.42. The lowest BCUT2D eigenvalue weighted by atomic mass is 10.2. The molecule has 106 valence electrons. The van der Waals surface area contributed by atoms with Crippen molar-refractivity contribution in [3.05, 3.63) is 23.6 Å². The van der Waals surface area contributed by atoms with Crippen LogP contribution in [-0.2, 0) is 6.54 Å². The minimum Gasteiger partial charge on any atom is -0.354 e. The van der Waals surface area contributed by atoms with E-state index < -0.39 is 0 Å². The van der Waals surface area contributed by atoms with Crippen molar-refractivity contribution in [2.75, 3.05) is 24.5 Å². The van der Waals surface area contributed by atoms with E-state index in [2.05, 4.69) is 22.1 Å². The van der Waals surface area contributed by atoms with E-state index in [-0.39, 0.29) is 5.82 Å². The van der Waals surface area contributed by atoms with E-state index in [1.54, 1.807) is 12.3 Å². The van der Waals surface area contributed by atoms with E-state index in [1.807, 2.05) is 0 Å². The second-order valence-electron chi connectivity index (χ2n) is 5.19. The average Bonchev–Trinajstić information content (AvgIpc) is 2.70. The van der Waals surface area contributed by atoms with Crippen molar-refractivity contribution < 1.29 is 4.39 Å². The molecular weight excluding hydrogens is 241 g/mol. The van der Waals surface area contributed by atoms with Crippen LogP contribution in [0.25, 0.3) is 0 Å². The molecule has 0 bridgehead atoms. The molecule has 0 amide bonds. The Morgan fingerprint density at radius 1 is 1.26 bits per heavy atom. The highest BCUT2D eigenvalue weighted by Gasteiger charge is 2.17. The summed E-state index contributed by atoms with van der Waals surface area (Å²) in [6, 6.07) is 1.78. The maximum absolute atomic E-state index is 14.5. The van der Waals surface area contributed by atoms with Gasteiger partial charge < -0.3 is 10.2 Å². The summed E-state index contributed by atoms with van der Waals surface area (Å²) in [5.74, 6) is 0.394. The van der Waals surface area contributed by atoms with E-state index in [0.29, 0.717) is 12.4 Å². The molecule has 0 atom stereocenters. The Kier molecular flexibility index (Phi) is 5.58. The van der Waals surface area contributed by atoms with Crippen molar-refractivity contribution >= 4 is 5.82 Å². The Balaban J connectivity index is 2.09. The summed E-state index contributed by atoms with van der Waals surface area (Å²) >= 11 is 0. The van der Waals surface area contributed by atoms with E-state index in [1.165, 1.54) is 12.8 Å². The van der Waals surface area contributed by atoms with Crippen molar-refractivity contribution in [1.82, 2.24) is 10.3 Å². The van der Waals surface area contributed by atoms with Gasteiger partial charge in [-0.05, 0) is 31.9 Å².